The Bertz CT molecular complexity index is 365. The molecule has 21 heavy (non-hydrogen) atoms. The van der Waals surface area contributed by atoms with Crippen LogP contribution in [0.15, 0.2) is 0 Å². The first-order valence-electron chi connectivity index (χ1n) is 8.47. The van der Waals surface area contributed by atoms with Crippen molar-refractivity contribution in [2.45, 2.75) is 57.3 Å². The number of aliphatic hydroxyl groups is 1. The van der Waals surface area contributed by atoms with Gasteiger partial charge in [-0.25, -0.2) is 0 Å². The van der Waals surface area contributed by atoms with Gasteiger partial charge in [0.15, 0.2) is 0 Å². The number of amides is 1. The number of nitrogens with zero attached hydrogens (tertiary/aromatic N) is 2. The van der Waals surface area contributed by atoms with E-state index < -0.39 is 0 Å². The Kier molecular flexibility index (Phi) is 4.82. The van der Waals surface area contributed by atoms with Crippen LogP contribution in [0.4, 0.5) is 0 Å². The van der Waals surface area contributed by atoms with Crippen molar-refractivity contribution < 1.29 is 14.6 Å². The zero-order valence-electron chi connectivity index (χ0n) is 13.0. The molecule has 5 heteroatoms. The minimum atomic E-state index is -0.311. The van der Waals surface area contributed by atoms with Crippen LogP contribution in [0.2, 0.25) is 0 Å². The molecule has 0 aromatic carbocycles. The van der Waals surface area contributed by atoms with Gasteiger partial charge in [-0.1, -0.05) is 0 Å². The summed E-state index contributed by atoms with van der Waals surface area (Å²) in [7, 11) is 0. The highest BCUT2D eigenvalue weighted by molar-refractivity contribution is 5.80. The molecule has 0 aromatic heterocycles. The second kappa shape index (κ2) is 6.63. The van der Waals surface area contributed by atoms with Crippen molar-refractivity contribution in [1.82, 2.24) is 9.80 Å². The van der Waals surface area contributed by atoms with E-state index in [0.717, 1.165) is 52.0 Å². The van der Waals surface area contributed by atoms with Gasteiger partial charge in [-0.2, -0.15) is 0 Å². The normalized spacial score (nSPS) is 32.4. The number of carbonyl (C=O) groups is 1. The number of ether oxygens (including phenoxy) is 1. The van der Waals surface area contributed by atoms with Crippen LogP contribution in [0.3, 0.4) is 0 Å². The summed E-state index contributed by atoms with van der Waals surface area (Å²) in [5.74, 6) is 0.822. The van der Waals surface area contributed by atoms with E-state index in [4.69, 9.17) is 4.74 Å². The van der Waals surface area contributed by atoms with Crippen molar-refractivity contribution in [2.24, 2.45) is 5.92 Å². The summed E-state index contributed by atoms with van der Waals surface area (Å²) in [6, 6.07) is 0.311. The molecule has 0 radical (unpaired) electrons. The van der Waals surface area contributed by atoms with Gasteiger partial charge in [-0.05, 0) is 44.9 Å². The number of aliphatic hydroxyl groups excluding tert-OH is 1. The van der Waals surface area contributed by atoms with Crippen molar-refractivity contribution in [3.05, 3.63) is 0 Å². The highest BCUT2D eigenvalue weighted by atomic mass is 16.5. The maximum atomic E-state index is 12.4. The molecule has 3 atom stereocenters. The van der Waals surface area contributed by atoms with E-state index in [9.17, 15) is 9.90 Å². The molecule has 0 bridgehead atoms. The Morgan fingerprint density at radius 1 is 1.19 bits per heavy atom. The van der Waals surface area contributed by atoms with Crippen LogP contribution in [0.25, 0.3) is 0 Å². The SMILES string of the molecule is C[C@H](OCC1CC1)C(=O)N1CCN([C@H]2CCC[C@H]2O)CC1. The monoisotopic (exact) mass is 296 g/mol. The molecule has 1 aliphatic heterocycles. The summed E-state index contributed by atoms with van der Waals surface area (Å²) in [6.45, 7) is 5.89. The Morgan fingerprint density at radius 2 is 1.90 bits per heavy atom. The Labute approximate surface area is 127 Å². The molecule has 1 N–H and O–H groups in total. The van der Waals surface area contributed by atoms with Gasteiger partial charge in [0.05, 0.1) is 12.7 Å². The van der Waals surface area contributed by atoms with E-state index in [1.54, 1.807) is 0 Å². The molecule has 2 saturated carbocycles. The second-order valence-corrected chi connectivity index (χ2v) is 6.85. The molecular formula is C16H28N2O3. The van der Waals surface area contributed by atoms with Crippen LogP contribution < -0.4 is 0 Å². The lowest BCUT2D eigenvalue weighted by Crippen LogP contribution is -2.55. The third-order valence-corrected chi connectivity index (χ3v) is 5.17. The van der Waals surface area contributed by atoms with Gasteiger partial charge < -0.3 is 14.7 Å². The van der Waals surface area contributed by atoms with Crippen LogP contribution in [-0.2, 0) is 9.53 Å². The lowest BCUT2D eigenvalue weighted by molar-refractivity contribution is -0.145. The average Bonchev–Trinajstić information content (AvgIpc) is 3.24. The zero-order chi connectivity index (χ0) is 14.8. The topological polar surface area (TPSA) is 53.0 Å². The molecule has 3 aliphatic rings. The molecule has 2 aliphatic carbocycles. The highest BCUT2D eigenvalue weighted by Crippen LogP contribution is 2.29. The van der Waals surface area contributed by atoms with Crippen molar-refractivity contribution in [3.8, 4) is 0 Å². The zero-order valence-corrected chi connectivity index (χ0v) is 13.0. The molecule has 0 aromatic rings. The molecule has 0 unspecified atom stereocenters. The van der Waals surface area contributed by atoms with E-state index in [-0.39, 0.29) is 18.1 Å². The Hall–Kier alpha value is -0.650. The molecule has 1 amide bonds. The standard InChI is InChI=1S/C16H28N2O3/c1-12(21-11-13-5-6-13)16(20)18-9-7-17(8-10-18)14-3-2-4-15(14)19/h12-15,19H,2-11H2,1H3/t12-,14-,15+/m0/s1. The van der Waals surface area contributed by atoms with Crippen LogP contribution in [0, 0.1) is 5.92 Å². The maximum Gasteiger partial charge on any atom is 0.251 e. The van der Waals surface area contributed by atoms with Gasteiger partial charge in [-0.15, -0.1) is 0 Å². The Morgan fingerprint density at radius 3 is 2.48 bits per heavy atom. The molecule has 120 valence electrons. The number of piperazine rings is 1. The van der Waals surface area contributed by atoms with Gasteiger partial charge in [-0.3, -0.25) is 9.69 Å². The molecule has 0 spiro atoms. The number of hydrogen-bond donors (Lipinski definition) is 1. The number of rotatable bonds is 5. The van der Waals surface area contributed by atoms with E-state index in [1.165, 1.54) is 12.8 Å². The van der Waals surface area contributed by atoms with Crippen LogP contribution >= 0.6 is 0 Å². The minimum absolute atomic E-state index is 0.127. The largest absolute Gasteiger partial charge is 0.391 e. The summed E-state index contributed by atoms with van der Waals surface area (Å²) in [5, 5.41) is 9.99. The van der Waals surface area contributed by atoms with E-state index >= 15 is 0 Å². The fraction of sp³-hybridized carbons (Fsp3) is 0.938. The fourth-order valence-corrected chi connectivity index (χ4v) is 3.51. The van der Waals surface area contributed by atoms with E-state index in [2.05, 4.69) is 4.90 Å². The summed E-state index contributed by atoms with van der Waals surface area (Å²) in [4.78, 5) is 16.6. The lowest BCUT2D eigenvalue weighted by Gasteiger charge is -2.39. The van der Waals surface area contributed by atoms with Crippen molar-refractivity contribution in [1.29, 1.82) is 0 Å². The van der Waals surface area contributed by atoms with Gasteiger partial charge in [0.25, 0.3) is 5.91 Å². The highest BCUT2D eigenvalue weighted by Gasteiger charge is 2.34. The fourth-order valence-electron chi connectivity index (χ4n) is 3.51. The van der Waals surface area contributed by atoms with Crippen LogP contribution in [-0.4, -0.2) is 71.8 Å². The predicted molar refractivity (Wildman–Crippen MR) is 79.9 cm³/mol. The molecule has 1 saturated heterocycles. The summed E-state index contributed by atoms with van der Waals surface area (Å²) in [5.41, 5.74) is 0. The lowest BCUT2D eigenvalue weighted by atomic mass is 10.1. The summed E-state index contributed by atoms with van der Waals surface area (Å²) < 4.78 is 5.68. The molecular weight excluding hydrogens is 268 g/mol. The summed E-state index contributed by atoms with van der Waals surface area (Å²) >= 11 is 0. The van der Waals surface area contributed by atoms with Crippen molar-refractivity contribution >= 4 is 5.91 Å². The van der Waals surface area contributed by atoms with Crippen molar-refractivity contribution in [3.63, 3.8) is 0 Å². The first-order valence-corrected chi connectivity index (χ1v) is 8.47. The van der Waals surface area contributed by atoms with Crippen LogP contribution in [0.1, 0.15) is 39.0 Å². The summed E-state index contributed by atoms with van der Waals surface area (Å²) in [6.07, 6.45) is 5.16. The van der Waals surface area contributed by atoms with E-state index in [1.807, 2.05) is 11.8 Å². The Balaban J connectivity index is 1.42. The predicted octanol–water partition coefficient (Wildman–Crippen LogP) is 0.859. The average molecular weight is 296 g/mol. The van der Waals surface area contributed by atoms with Gasteiger partial charge in [0.2, 0.25) is 0 Å². The second-order valence-electron chi connectivity index (χ2n) is 6.85. The third-order valence-electron chi connectivity index (χ3n) is 5.17. The minimum Gasteiger partial charge on any atom is -0.391 e. The van der Waals surface area contributed by atoms with Gasteiger partial charge in [0.1, 0.15) is 6.10 Å². The van der Waals surface area contributed by atoms with Crippen LogP contribution in [0.5, 0.6) is 0 Å². The van der Waals surface area contributed by atoms with E-state index in [0.29, 0.717) is 12.0 Å². The molecule has 3 fully saturated rings. The van der Waals surface area contributed by atoms with Gasteiger partial charge in [0, 0.05) is 32.2 Å². The number of carbonyl (C=O) groups excluding carboxylic acids is 1. The quantitative estimate of drug-likeness (QED) is 0.817. The molecule has 1 heterocycles. The maximum absolute atomic E-state index is 12.4. The molecule has 5 nitrogen and oxygen atoms in total. The molecule has 3 rings (SSSR count). The first kappa shape index (κ1) is 15.3. The smallest absolute Gasteiger partial charge is 0.251 e. The number of hydrogen-bond acceptors (Lipinski definition) is 4. The van der Waals surface area contributed by atoms with Crippen molar-refractivity contribution in [2.75, 3.05) is 32.8 Å². The first-order chi connectivity index (χ1) is 10.1. The third kappa shape index (κ3) is 3.76. The van der Waals surface area contributed by atoms with Gasteiger partial charge >= 0.3 is 0 Å².